The molecule has 0 atom stereocenters. The average molecular weight is 367 g/mol. The molecule has 1 aromatic rings. The van der Waals surface area contributed by atoms with Crippen LogP contribution < -0.4 is 16.0 Å². The molecule has 0 heterocycles. The van der Waals surface area contributed by atoms with E-state index in [1.807, 2.05) is 0 Å². The zero-order valence-corrected chi connectivity index (χ0v) is 16.2. The van der Waals surface area contributed by atoms with Gasteiger partial charge in [0, 0.05) is 5.69 Å². The summed E-state index contributed by atoms with van der Waals surface area (Å²) in [5, 5.41) is 2.82. The normalized spacial score (nSPS) is 11.4. The number of rotatable bonds is 2. The first kappa shape index (κ1) is 20.7. The van der Waals surface area contributed by atoms with E-state index in [2.05, 4.69) is 5.32 Å². The number of hydrogen-bond acceptors (Lipinski definition) is 5. The van der Waals surface area contributed by atoms with Gasteiger partial charge in [0.1, 0.15) is 11.2 Å². The van der Waals surface area contributed by atoms with Crippen molar-refractivity contribution in [1.82, 2.24) is 0 Å². The van der Waals surface area contributed by atoms with E-state index in [1.165, 1.54) is 0 Å². The Morgan fingerprint density at radius 2 is 1.52 bits per heavy atom. The lowest BCUT2D eigenvalue weighted by Crippen LogP contribution is -2.43. The Kier molecular flexibility index (Phi) is 6.37. The first-order valence-electron chi connectivity index (χ1n) is 7.71. The topological polar surface area (TPSA) is 93.9 Å². The van der Waals surface area contributed by atoms with E-state index < -0.39 is 23.4 Å². The zero-order chi connectivity index (χ0) is 19.4. The summed E-state index contributed by atoms with van der Waals surface area (Å²) in [4.78, 5) is 25.9. The van der Waals surface area contributed by atoms with Gasteiger partial charge in [-0.1, -0.05) is 6.07 Å². The minimum Gasteiger partial charge on any atom is -0.443 e. The van der Waals surface area contributed by atoms with Gasteiger partial charge in [0.15, 0.2) is 5.11 Å². The summed E-state index contributed by atoms with van der Waals surface area (Å²) in [6, 6.07) is 6.48. The summed E-state index contributed by atoms with van der Waals surface area (Å²) in [5.74, 6) is 0. The number of nitrogens with zero attached hydrogens (tertiary/aromatic N) is 1. The molecule has 0 bridgehead atoms. The molecular formula is C17H25N3O4S. The number of nitrogens with two attached hydrogens (primary N) is 1. The van der Waals surface area contributed by atoms with E-state index in [-0.39, 0.29) is 10.8 Å². The lowest BCUT2D eigenvalue weighted by atomic mass is 10.2. The predicted octanol–water partition coefficient (Wildman–Crippen LogP) is 4.02. The molecule has 1 rings (SSSR count). The van der Waals surface area contributed by atoms with Crippen LogP contribution >= 0.6 is 12.2 Å². The Morgan fingerprint density at radius 1 is 1.04 bits per heavy atom. The number of benzene rings is 1. The van der Waals surface area contributed by atoms with Gasteiger partial charge in [-0.25, -0.2) is 9.59 Å². The molecule has 0 aliphatic heterocycles. The fourth-order valence-corrected chi connectivity index (χ4v) is 1.88. The van der Waals surface area contributed by atoms with Crippen molar-refractivity contribution in [1.29, 1.82) is 0 Å². The molecule has 8 heteroatoms. The van der Waals surface area contributed by atoms with Crippen molar-refractivity contribution in [3.05, 3.63) is 24.3 Å². The minimum absolute atomic E-state index is 0.0678. The van der Waals surface area contributed by atoms with Gasteiger partial charge in [0.25, 0.3) is 0 Å². The summed E-state index contributed by atoms with van der Waals surface area (Å²) >= 11 is 4.80. The van der Waals surface area contributed by atoms with Gasteiger partial charge in [-0.2, -0.15) is 4.90 Å². The summed E-state index contributed by atoms with van der Waals surface area (Å²) in [7, 11) is 0. The predicted molar refractivity (Wildman–Crippen MR) is 102 cm³/mol. The van der Waals surface area contributed by atoms with E-state index in [9.17, 15) is 9.59 Å². The number of nitrogens with one attached hydrogen (secondary N) is 1. The molecule has 0 fully saturated rings. The molecule has 138 valence electrons. The molecule has 0 radical (unpaired) electrons. The number of hydrogen-bond donors (Lipinski definition) is 2. The molecule has 0 spiro atoms. The third-order valence-corrected chi connectivity index (χ3v) is 2.63. The molecule has 25 heavy (non-hydrogen) atoms. The van der Waals surface area contributed by atoms with Crippen molar-refractivity contribution in [3.63, 3.8) is 0 Å². The lowest BCUT2D eigenvalue weighted by Gasteiger charge is -2.28. The van der Waals surface area contributed by atoms with Crippen molar-refractivity contribution in [2.24, 2.45) is 5.73 Å². The molecule has 2 amide bonds. The van der Waals surface area contributed by atoms with E-state index in [1.54, 1.807) is 65.8 Å². The summed E-state index contributed by atoms with van der Waals surface area (Å²) < 4.78 is 10.7. The summed E-state index contributed by atoms with van der Waals surface area (Å²) in [5.41, 5.74) is 4.71. The van der Waals surface area contributed by atoms with Gasteiger partial charge in [0.05, 0.1) is 5.69 Å². The fourth-order valence-electron chi connectivity index (χ4n) is 1.77. The highest BCUT2D eigenvalue weighted by molar-refractivity contribution is 7.80. The van der Waals surface area contributed by atoms with Crippen LogP contribution in [0.1, 0.15) is 41.5 Å². The monoisotopic (exact) mass is 367 g/mol. The van der Waals surface area contributed by atoms with Crippen LogP contribution in [0.3, 0.4) is 0 Å². The van der Waals surface area contributed by atoms with E-state index in [4.69, 9.17) is 27.4 Å². The Hall–Kier alpha value is -2.35. The van der Waals surface area contributed by atoms with Crippen molar-refractivity contribution >= 4 is 40.9 Å². The number of amides is 2. The third kappa shape index (κ3) is 7.38. The SMILES string of the molecule is CC(C)(C)OC(=O)N(C(=O)OC(C)(C)C)c1cccc(NC(N)=S)c1. The van der Waals surface area contributed by atoms with Gasteiger partial charge in [-0.15, -0.1) is 0 Å². The fraction of sp³-hybridized carbons (Fsp3) is 0.471. The lowest BCUT2D eigenvalue weighted by molar-refractivity contribution is 0.0431. The second-order valence-electron chi connectivity index (χ2n) is 7.34. The standard InChI is InChI=1S/C17H25N3O4S/c1-16(2,3)23-14(21)20(15(22)24-17(4,5)6)12-9-7-8-11(10-12)19-13(18)25/h7-10H,1-6H3,(H3,18,19,25). The molecule has 3 N–H and O–H groups in total. The van der Waals surface area contributed by atoms with Crippen LogP contribution in [-0.2, 0) is 9.47 Å². The Labute approximate surface area is 153 Å². The van der Waals surface area contributed by atoms with Crippen LogP contribution in [0.4, 0.5) is 21.0 Å². The Morgan fingerprint density at radius 3 is 1.92 bits per heavy atom. The van der Waals surface area contributed by atoms with Gasteiger partial charge >= 0.3 is 12.2 Å². The molecule has 0 aliphatic carbocycles. The van der Waals surface area contributed by atoms with Crippen LogP contribution in [0.25, 0.3) is 0 Å². The number of carbonyl (C=O) groups excluding carboxylic acids is 2. The smallest absolute Gasteiger partial charge is 0.424 e. The Bertz CT molecular complexity index is 635. The number of ether oxygens (including phenoxy) is 2. The summed E-state index contributed by atoms with van der Waals surface area (Å²) in [6.45, 7) is 10.3. The van der Waals surface area contributed by atoms with Crippen molar-refractivity contribution in [2.45, 2.75) is 52.7 Å². The van der Waals surface area contributed by atoms with Crippen molar-refractivity contribution in [3.8, 4) is 0 Å². The first-order valence-corrected chi connectivity index (χ1v) is 8.12. The molecule has 0 saturated carbocycles. The van der Waals surface area contributed by atoms with Crippen molar-refractivity contribution in [2.75, 3.05) is 10.2 Å². The largest absolute Gasteiger partial charge is 0.443 e. The Balaban J connectivity index is 3.24. The molecule has 0 unspecified atom stereocenters. The molecular weight excluding hydrogens is 342 g/mol. The number of carbonyl (C=O) groups is 2. The highest BCUT2D eigenvalue weighted by Crippen LogP contribution is 2.24. The van der Waals surface area contributed by atoms with Crippen LogP contribution in [0.15, 0.2) is 24.3 Å². The number of anilines is 2. The molecule has 0 aromatic heterocycles. The first-order chi connectivity index (χ1) is 11.3. The second-order valence-corrected chi connectivity index (χ2v) is 7.78. The second kappa shape index (κ2) is 7.69. The maximum absolute atomic E-state index is 12.6. The minimum atomic E-state index is -0.839. The van der Waals surface area contributed by atoms with Gasteiger partial charge < -0.3 is 20.5 Å². The number of imide groups is 1. The van der Waals surface area contributed by atoms with Gasteiger partial charge in [0.2, 0.25) is 0 Å². The molecule has 0 saturated heterocycles. The molecule has 0 aliphatic rings. The highest BCUT2D eigenvalue weighted by Gasteiger charge is 2.32. The van der Waals surface area contributed by atoms with Crippen LogP contribution in [0.2, 0.25) is 0 Å². The highest BCUT2D eigenvalue weighted by atomic mass is 32.1. The van der Waals surface area contributed by atoms with Crippen LogP contribution in [0.5, 0.6) is 0 Å². The molecule has 1 aromatic carbocycles. The van der Waals surface area contributed by atoms with Crippen molar-refractivity contribution < 1.29 is 19.1 Å². The van der Waals surface area contributed by atoms with Crippen LogP contribution in [0, 0.1) is 0 Å². The van der Waals surface area contributed by atoms with E-state index in [0.717, 1.165) is 4.90 Å². The zero-order valence-electron chi connectivity index (χ0n) is 15.4. The van der Waals surface area contributed by atoms with Gasteiger partial charge in [-0.3, -0.25) is 0 Å². The van der Waals surface area contributed by atoms with E-state index in [0.29, 0.717) is 5.69 Å². The van der Waals surface area contributed by atoms with Gasteiger partial charge in [-0.05, 0) is 72.0 Å². The quantitative estimate of drug-likeness (QED) is 0.762. The maximum atomic E-state index is 12.6. The van der Waals surface area contributed by atoms with E-state index >= 15 is 0 Å². The third-order valence-electron chi connectivity index (χ3n) is 2.52. The van der Waals surface area contributed by atoms with Crippen LogP contribution in [-0.4, -0.2) is 28.5 Å². The maximum Gasteiger partial charge on any atom is 0.424 e. The average Bonchev–Trinajstić information content (AvgIpc) is 2.33. The summed E-state index contributed by atoms with van der Waals surface area (Å²) in [6.07, 6.45) is -1.68. The number of thiocarbonyl (C=S) groups is 1. The molecule has 7 nitrogen and oxygen atoms in total.